The van der Waals surface area contributed by atoms with Gasteiger partial charge in [0.25, 0.3) is 0 Å². The van der Waals surface area contributed by atoms with E-state index in [0.717, 1.165) is 31.7 Å². The molecule has 16 heavy (non-hydrogen) atoms. The van der Waals surface area contributed by atoms with Crippen LogP contribution >= 0.6 is 11.8 Å². The first-order valence-electron chi connectivity index (χ1n) is 5.98. The standard InChI is InChI=1S/C12H25NO2S/c1-4-16-10-9-13-8-7-12(2,3)6-5-11(14)15/h13H,4-10H2,1-3H3,(H,14,15). The largest absolute Gasteiger partial charge is 0.481 e. The summed E-state index contributed by atoms with van der Waals surface area (Å²) in [6.07, 6.45) is 2.07. The predicted octanol–water partition coefficient (Wildman–Crippen LogP) is 2.61. The Hall–Kier alpha value is -0.220. The molecule has 0 aliphatic heterocycles. The van der Waals surface area contributed by atoms with Gasteiger partial charge in [-0.05, 0) is 30.6 Å². The van der Waals surface area contributed by atoms with E-state index in [4.69, 9.17) is 5.11 Å². The fourth-order valence-corrected chi connectivity index (χ4v) is 1.99. The van der Waals surface area contributed by atoms with Crippen molar-refractivity contribution < 1.29 is 9.90 Å². The van der Waals surface area contributed by atoms with E-state index in [1.165, 1.54) is 5.75 Å². The number of carbonyl (C=O) groups is 1. The lowest BCUT2D eigenvalue weighted by atomic mass is 9.84. The van der Waals surface area contributed by atoms with Crippen LogP contribution in [0.15, 0.2) is 0 Å². The lowest BCUT2D eigenvalue weighted by molar-refractivity contribution is -0.137. The van der Waals surface area contributed by atoms with Crippen molar-refractivity contribution in [2.24, 2.45) is 5.41 Å². The summed E-state index contributed by atoms with van der Waals surface area (Å²) in [6.45, 7) is 8.47. The van der Waals surface area contributed by atoms with Crippen LogP contribution in [0.1, 0.15) is 40.0 Å². The second-order valence-electron chi connectivity index (χ2n) is 4.75. The van der Waals surface area contributed by atoms with E-state index in [-0.39, 0.29) is 11.8 Å². The Balaban J connectivity index is 3.46. The van der Waals surface area contributed by atoms with Crippen molar-refractivity contribution in [3.8, 4) is 0 Å². The first kappa shape index (κ1) is 15.8. The molecule has 0 bridgehead atoms. The molecular formula is C12H25NO2S. The number of aliphatic carboxylic acids is 1. The number of nitrogens with one attached hydrogen (secondary N) is 1. The minimum absolute atomic E-state index is 0.128. The van der Waals surface area contributed by atoms with Crippen molar-refractivity contribution in [1.29, 1.82) is 0 Å². The van der Waals surface area contributed by atoms with Crippen LogP contribution in [-0.4, -0.2) is 35.7 Å². The van der Waals surface area contributed by atoms with E-state index in [1.54, 1.807) is 0 Å². The van der Waals surface area contributed by atoms with Gasteiger partial charge in [-0.25, -0.2) is 0 Å². The SMILES string of the molecule is CCSCCNCCC(C)(C)CCC(=O)O. The van der Waals surface area contributed by atoms with Crippen LogP contribution in [-0.2, 0) is 4.79 Å². The van der Waals surface area contributed by atoms with Gasteiger partial charge in [0.15, 0.2) is 0 Å². The summed E-state index contributed by atoms with van der Waals surface area (Å²) >= 11 is 1.94. The maximum atomic E-state index is 10.5. The first-order chi connectivity index (χ1) is 7.48. The fraction of sp³-hybridized carbons (Fsp3) is 0.917. The zero-order valence-electron chi connectivity index (χ0n) is 10.7. The molecule has 0 saturated heterocycles. The Morgan fingerprint density at radius 3 is 2.56 bits per heavy atom. The number of carboxylic acid groups (broad SMARTS) is 1. The predicted molar refractivity (Wildman–Crippen MR) is 71.1 cm³/mol. The number of thioether (sulfide) groups is 1. The van der Waals surface area contributed by atoms with Gasteiger partial charge >= 0.3 is 5.97 Å². The summed E-state index contributed by atoms with van der Waals surface area (Å²) in [4.78, 5) is 10.5. The monoisotopic (exact) mass is 247 g/mol. The number of hydrogen-bond donors (Lipinski definition) is 2. The normalized spacial score (nSPS) is 11.7. The summed E-state index contributed by atoms with van der Waals surface area (Å²) in [5.41, 5.74) is 0.128. The summed E-state index contributed by atoms with van der Waals surface area (Å²) in [5.74, 6) is 1.64. The maximum Gasteiger partial charge on any atom is 0.303 e. The Morgan fingerprint density at radius 1 is 1.31 bits per heavy atom. The number of hydrogen-bond acceptors (Lipinski definition) is 3. The minimum atomic E-state index is -0.694. The zero-order chi connectivity index (χ0) is 12.4. The quantitative estimate of drug-likeness (QED) is 0.583. The lowest BCUT2D eigenvalue weighted by Gasteiger charge is -2.23. The molecule has 0 aromatic rings. The molecule has 0 heterocycles. The Morgan fingerprint density at radius 2 is 2.00 bits per heavy atom. The third-order valence-electron chi connectivity index (χ3n) is 2.62. The van der Waals surface area contributed by atoms with Crippen molar-refractivity contribution in [3.63, 3.8) is 0 Å². The molecule has 0 amide bonds. The highest BCUT2D eigenvalue weighted by Crippen LogP contribution is 2.25. The minimum Gasteiger partial charge on any atom is -0.481 e. The molecule has 0 rings (SSSR count). The smallest absolute Gasteiger partial charge is 0.303 e. The molecule has 0 atom stereocenters. The molecule has 0 aromatic carbocycles. The van der Waals surface area contributed by atoms with Gasteiger partial charge in [0, 0.05) is 18.7 Å². The molecule has 0 fully saturated rings. The van der Waals surface area contributed by atoms with Gasteiger partial charge in [-0.1, -0.05) is 20.8 Å². The second kappa shape index (κ2) is 8.88. The highest BCUT2D eigenvalue weighted by molar-refractivity contribution is 7.99. The van der Waals surface area contributed by atoms with Gasteiger partial charge in [-0.15, -0.1) is 0 Å². The van der Waals surface area contributed by atoms with Gasteiger partial charge < -0.3 is 10.4 Å². The average Bonchev–Trinajstić information content (AvgIpc) is 2.21. The highest BCUT2D eigenvalue weighted by Gasteiger charge is 2.18. The average molecular weight is 247 g/mol. The number of rotatable bonds is 10. The molecular weight excluding hydrogens is 222 g/mol. The molecule has 0 unspecified atom stereocenters. The van der Waals surface area contributed by atoms with Crippen molar-refractivity contribution in [2.45, 2.75) is 40.0 Å². The van der Waals surface area contributed by atoms with E-state index in [1.807, 2.05) is 11.8 Å². The van der Waals surface area contributed by atoms with Gasteiger partial charge in [0.1, 0.15) is 0 Å². The van der Waals surface area contributed by atoms with E-state index in [0.29, 0.717) is 0 Å². The van der Waals surface area contributed by atoms with Gasteiger partial charge in [0.2, 0.25) is 0 Å². The third-order valence-corrected chi connectivity index (χ3v) is 3.52. The fourth-order valence-electron chi connectivity index (χ4n) is 1.41. The van der Waals surface area contributed by atoms with Gasteiger partial charge in [0.05, 0.1) is 0 Å². The van der Waals surface area contributed by atoms with Crippen LogP contribution < -0.4 is 5.32 Å². The molecule has 0 radical (unpaired) electrons. The zero-order valence-corrected chi connectivity index (χ0v) is 11.5. The molecule has 0 saturated carbocycles. The van der Waals surface area contributed by atoms with Crippen LogP contribution in [0.5, 0.6) is 0 Å². The molecule has 0 aromatic heterocycles. The molecule has 2 N–H and O–H groups in total. The van der Waals surface area contributed by atoms with Crippen molar-refractivity contribution in [3.05, 3.63) is 0 Å². The van der Waals surface area contributed by atoms with Gasteiger partial charge in [-0.3, -0.25) is 4.79 Å². The van der Waals surface area contributed by atoms with E-state index in [2.05, 4.69) is 26.1 Å². The molecule has 0 aliphatic rings. The molecule has 3 nitrogen and oxygen atoms in total. The van der Waals surface area contributed by atoms with Crippen LogP contribution in [0.2, 0.25) is 0 Å². The highest BCUT2D eigenvalue weighted by atomic mass is 32.2. The van der Waals surface area contributed by atoms with Gasteiger partial charge in [-0.2, -0.15) is 11.8 Å². The topological polar surface area (TPSA) is 49.3 Å². The summed E-state index contributed by atoms with van der Waals surface area (Å²) in [6, 6.07) is 0. The van der Waals surface area contributed by atoms with E-state index in [9.17, 15) is 4.79 Å². The Kier molecular flexibility index (Phi) is 8.76. The molecule has 4 heteroatoms. The van der Waals surface area contributed by atoms with Crippen molar-refractivity contribution in [1.82, 2.24) is 5.32 Å². The summed E-state index contributed by atoms with van der Waals surface area (Å²) < 4.78 is 0. The van der Waals surface area contributed by atoms with Crippen LogP contribution in [0.25, 0.3) is 0 Å². The van der Waals surface area contributed by atoms with Crippen LogP contribution in [0.4, 0.5) is 0 Å². The van der Waals surface area contributed by atoms with Crippen molar-refractivity contribution in [2.75, 3.05) is 24.6 Å². The third kappa shape index (κ3) is 10.3. The summed E-state index contributed by atoms with van der Waals surface area (Å²) in [7, 11) is 0. The number of carboxylic acids is 1. The first-order valence-corrected chi connectivity index (χ1v) is 7.13. The van der Waals surface area contributed by atoms with E-state index < -0.39 is 5.97 Å². The van der Waals surface area contributed by atoms with Crippen molar-refractivity contribution >= 4 is 17.7 Å². The molecule has 0 aliphatic carbocycles. The summed E-state index contributed by atoms with van der Waals surface area (Å²) in [5, 5.41) is 12.0. The van der Waals surface area contributed by atoms with E-state index >= 15 is 0 Å². The van der Waals surface area contributed by atoms with Crippen LogP contribution in [0.3, 0.4) is 0 Å². The Bertz CT molecular complexity index is 195. The maximum absolute atomic E-state index is 10.5. The second-order valence-corrected chi connectivity index (χ2v) is 6.15. The molecule has 96 valence electrons. The lowest BCUT2D eigenvalue weighted by Crippen LogP contribution is -2.24. The van der Waals surface area contributed by atoms with Crippen LogP contribution in [0, 0.1) is 5.41 Å². The molecule has 0 spiro atoms. The Labute approximate surface area is 103 Å².